The number of carbonyl (C=O) groups excluding carboxylic acids is 2. The average molecular weight is 270 g/mol. The lowest BCUT2D eigenvalue weighted by Gasteiger charge is -2.07. The molecular formula is C15H14N2O3. The maximum atomic E-state index is 12.0. The average Bonchev–Trinajstić information content (AvgIpc) is 2.49. The Morgan fingerprint density at radius 2 is 1.75 bits per heavy atom. The van der Waals surface area contributed by atoms with Crippen molar-refractivity contribution in [3.8, 4) is 0 Å². The number of carbonyl (C=O) groups is 2. The predicted octanol–water partition coefficient (Wildman–Crippen LogP) is 2.43. The summed E-state index contributed by atoms with van der Waals surface area (Å²) in [6, 6.07) is 9.90. The fraction of sp³-hybridized carbons (Fsp3) is 0.133. The van der Waals surface area contributed by atoms with E-state index >= 15 is 0 Å². The van der Waals surface area contributed by atoms with Crippen LogP contribution in [-0.2, 0) is 4.74 Å². The molecule has 0 aliphatic carbocycles. The monoisotopic (exact) mass is 270 g/mol. The maximum absolute atomic E-state index is 12.0. The molecule has 2 aromatic rings. The Morgan fingerprint density at radius 3 is 2.35 bits per heavy atom. The molecule has 0 saturated carbocycles. The van der Waals surface area contributed by atoms with E-state index < -0.39 is 5.97 Å². The first-order valence-electron chi connectivity index (χ1n) is 6.03. The molecule has 5 heteroatoms. The molecule has 102 valence electrons. The van der Waals surface area contributed by atoms with Crippen LogP contribution in [0.25, 0.3) is 0 Å². The number of nitrogens with zero attached hydrogens (tertiary/aromatic N) is 1. The zero-order valence-electron chi connectivity index (χ0n) is 11.2. The molecular weight excluding hydrogens is 256 g/mol. The van der Waals surface area contributed by atoms with E-state index in [1.807, 2.05) is 13.0 Å². The first-order valence-corrected chi connectivity index (χ1v) is 6.03. The summed E-state index contributed by atoms with van der Waals surface area (Å²) in [7, 11) is 1.31. The first-order chi connectivity index (χ1) is 9.61. The zero-order chi connectivity index (χ0) is 14.5. The van der Waals surface area contributed by atoms with Gasteiger partial charge in [-0.2, -0.15) is 0 Å². The van der Waals surface area contributed by atoms with Gasteiger partial charge in [-0.1, -0.05) is 6.07 Å². The van der Waals surface area contributed by atoms with Crippen LogP contribution in [0.1, 0.15) is 26.3 Å². The minimum Gasteiger partial charge on any atom is -0.465 e. The Bertz CT molecular complexity index is 636. The smallest absolute Gasteiger partial charge is 0.337 e. The molecule has 0 fully saturated rings. The molecule has 1 amide bonds. The van der Waals surface area contributed by atoms with Crippen molar-refractivity contribution in [1.29, 1.82) is 0 Å². The lowest BCUT2D eigenvalue weighted by Crippen LogP contribution is -2.14. The normalized spacial score (nSPS) is 9.90. The molecule has 20 heavy (non-hydrogen) atoms. The van der Waals surface area contributed by atoms with Crippen molar-refractivity contribution >= 4 is 17.7 Å². The molecule has 0 bridgehead atoms. The van der Waals surface area contributed by atoms with Crippen LogP contribution in [0.5, 0.6) is 0 Å². The highest BCUT2D eigenvalue weighted by Gasteiger charge is 2.10. The number of hydrogen-bond donors (Lipinski definition) is 1. The van der Waals surface area contributed by atoms with Crippen molar-refractivity contribution in [3.63, 3.8) is 0 Å². The van der Waals surface area contributed by atoms with Gasteiger partial charge in [-0.3, -0.25) is 4.79 Å². The van der Waals surface area contributed by atoms with E-state index in [-0.39, 0.29) is 5.91 Å². The summed E-state index contributed by atoms with van der Waals surface area (Å²) in [5, 5.41) is 2.72. The van der Waals surface area contributed by atoms with Crippen molar-refractivity contribution in [2.75, 3.05) is 12.4 Å². The maximum Gasteiger partial charge on any atom is 0.337 e. The van der Waals surface area contributed by atoms with Crippen molar-refractivity contribution in [1.82, 2.24) is 4.98 Å². The quantitative estimate of drug-likeness (QED) is 0.870. The Balaban J connectivity index is 2.14. The number of amides is 1. The SMILES string of the molecule is COC(=O)c1ccc(C(=O)Nc2ncccc2C)cc1. The van der Waals surface area contributed by atoms with Crippen LogP contribution in [0.15, 0.2) is 42.6 Å². The lowest BCUT2D eigenvalue weighted by molar-refractivity contribution is 0.0600. The fourth-order valence-electron chi connectivity index (χ4n) is 1.67. The van der Waals surface area contributed by atoms with Crippen LogP contribution in [0, 0.1) is 6.92 Å². The summed E-state index contributed by atoms with van der Waals surface area (Å²) >= 11 is 0. The van der Waals surface area contributed by atoms with Gasteiger partial charge < -0.3 is 10.1 Å². The van der Waals surface area contributed by atoms with E-state index in [1.54, 1.807) is 36.5 Å². The molecule has 0 spiro atoms. The number of rotatable bonds is 3. The molecule has 0 saturated heterocycles. The minimum atomic E-state index is -0.433. The van der Waals surface area contributed by atoms with Crippen LogP contribution in [-0.4, -0.2) is 24.0 Å². The summed E-state index contributed by atoms with van der Waals surface area (Å²) < 4.78 is 4.60. The van der Waals surface area contributed by atoms with Gasteiger partial charge in [-0.05, 0) is 42.8 Å². The Hall–Kier alpha value is -2.69. The molecule has 0 atom stereocenters. The molecule has 0 aliphatic rings. The molecule has 1 aromatic carbocycles. The number of aryl methyl sites for hydroxylation is 1. The van der Waals surface area contributed by atoms with Gasteiger partial charge >= 0.3 is 5.97 Å². The van der Waals surface area contributed by atoms with E-state index in [9.17, 15) is 9.59 Å². The van der Waals surface area contributed by atoms with Crippen molar-refractivity contribution < 1.29 is 14.3 Å². The van der Waals surface area contributed by atoms with Crippen LogP contribution < -0.4 is 5.32 Å². The second-order valence-electron chi connectivity index (χ2n) is 4.19. The number of ether oxygens (including phenoxy) is 1. The van der Waals surface area contributed by atoms with Crippen LogP contribution in [0.3, 0.4) is 0 Å². The van der Waals surface area contributed by atoms with Gasteiger partial charge in [-0.15, -0.1) is 0 Å². The minimum absolute atomic E-state index is 0.275. The molecule has 1 aromatic heterocycles. The predicted molar refractivity (Wildman–Crippen MR) is 74.7 cm³/mol. The summed E-state index contributed by atoms with van der Waals surface area (Å²) in [5.41, 5.74) is 1.73. The van der Waals surface area contributed by atoms with E-state index in [2.05, 4.69) is 15.0 Å². The van der Waals surface area contributed by atoms with Crippen molar-refractivity contribution in [3.05, 3.63) is 59.3 Å². The van der Waals surface area contributed by atoms with E-state index in [4.69, 9.17) is 0 Å². The second-order valence-corrected chi connectivity index (χ2v) is 4.19. The number of pyridine rings is 1. The Kier molecular flexibility index (Phi) is 4.10. The first kappa shape index (κ1) is 13.7. The number of benzene rings is 1. The number of anilines is 1. The van der Waals surface area contributed by atoms with Gasteiger partial charge in [0, 0.05) is 11.8 Å². The van der Waals surface area contributed by atoms with Gasteiger partial charge in [0.1, 0.15) is 5.82 Å². The second kappa shape index (κ2) is 5.97. The van der Waals surface area contributed by atoms with E-state index in [0.717, 1.165) is 5.56 Å². The molecule has 1 heterocycles. The van der Waals surface area contributed by atoms with Crippen LogP contribution in [0.4, 0.5) is 5.82 Å². The van der Waals surface area contributed by atoms with E-state index in [1.165, 1.54) is 7.11 Å². The van der Waals surface area contributed by atoms with Gasteiger partial charge in [0.05, 0.1) is 12.7 Å². The highest BCUT2D eigenvalue weighted by Crippen LogP contribution is 2.12. The largest absolute Gasteiger partial charge is 0.465 e. The topological polar surface area (TPSA) is 68.3 Å². The fourth-order valence-corrected chi connectivity index (χ4v) is 1.67. The Labute approximate surface area is 116 Å². The highest BCUT2D eigenvalue weighted by atomic mass is 16.5. The summed E-state index contributed by atoms with van der Waals surface area (Å²) in [5.74, 6) is -0.185. The van der Waals surface area contributed by atoms with E-state index in [0.29, 0.717) is 16.9 Å². The summed E-state index contributed by atoms with van der Waals surface area (Å²) in [6.45, 7) is 1.86. The van der Waals surface area contributed by atoms with Gasteiger partial charge in [0.25, 0.3) is 5.91 Å². The third kappa shape index (κ3) is 3.00. The molecule has 0 unspecified atom stereocenters. The molecule has 0 aliphatic heterocycles. The van der Waals surface area contributed by atoms with Crippen molar-refractivity contribution in [2.24, 2.45) is 0 Å². The van der Waals surface area contributed by atoms with Gasteiger partial charge in [0.2, 0.25) is 0 Å². The standard InChI is InChI=1S/C15H14N2O3/c1-10-4-3-9-16-13(10)17-14(18)11-5-7-12(8-6-11)15(19)20-2/h3-9H,1-2H3,(H,16,17,18). The van der Waals surface area contributed by atoms with Gasteiger partial charge in [0.15, 0.2) is 0 Å². The molecule has 1 N–H and O–H groups in total. The van der Waals surface area contributed by atoms with Crippen LogP contribution >= 0.6 is 0 Å². The molecule has 0 radical (unpaired) electrons. The Morgan fingerprint density at radius 1 is 1.10 bits per heavy atom. The van der Waals surface area contributed by atoms with Crippen LogP contribution in [0.2, 0.25) is 0 Å². The third-order valence-electron chi connectivity index (χ3n) is 2.81. The molecule has 2 rings (SSSR count). The number of hydrogen-bond acceptors (Lipinski definition) is 4. The number of nitrogens with one attached hydrogen (secondary N) is 1. The summed E-state index contributed by atoms with van der Waals surface area (Å²) in [4.78, 5) is 27.4. The third-order valence-corrected chi connectivity index (χ3v) is 2.81. The summed E-state index contributed by atoms with van der Waals surface area (Å²) in [6.07, 6.45) is 1.61. The highest BCUT2D eigenvalue weighted by molar-refractivity contribution is 6.04. The number of aromatic nitrogens is 1. The van der Waals surface area contributed by atoms with Gasteiger partial charge in [-0.25, -0.2) is 9.78 Å². The molecule has 5 nitrogen and oxygen atoms in total. The zero-order valence-corrected chi connectivity index (χ0v) is 11.2. The number of esters is 1. The lowest BCUT2D eigenvalue weighted by atomic mass is 10.1. The number of methoxy groups -OCH3 is 1. The van der Waals surface area contributed by atoms with Crippen molar-refractivity contribution in [2.45, 2.75) is 6.92 Å².